The summed E-state index contributed by atoms with van der Waals surface area (Å²) in [6.45, 7) is 3.66. The normalized spacial score (nSPS) is 12.8. The molecule has 3 aromatic rings. The third-order valence-electron chi connectivity index (χ3n) is 7.24. The third-order valence-corrected chi connectivity index (χ3v) is 7.24. The number of hydrogen-bond acceptors (Lipinski definition) is 9. The van der Waals surface area contributed by atoms with E-state index in [4.69, 9.17) is 17.3 Å². The first kappa shape index (κ1) is 34.9. The number of nitrogens with two attached hydrogens (primary N) is 1. The fourth-order valence-electron chi connectivity index (χ4n) is 4.77. The summed E-state index contributed by atoms with van der Waals surface area (Å²) in [6.07, 6.45) is 3.72. The van der Waals surface area contributed by atoms with Gasteiger partial charge < -0.3 is 36.3 Å². The van der Waals surface area contributed by atoms with Crippen molar-refractivity contribution in [2.24, 2.45) is 11.7 Å². The number of carbonyl (C=O) groups excluding carboxylic acids is 2. The Morgan fingerprint density at radius 1 is 1.11 bits per heavy atom. The second-order valence-corrected chi connectivity index (χ2v) is 10.6. The molecule has 1 amide bonds. The molecule has 14 nitrogen and oxygen atoms in total. The molecule has 0 spiro atoms. The van der Waals surface area contributed by atoms with Crippen LogP contribution >= 0.6 is 0 Å². The molecule has 2 aromatic carbocycles. The van der Waals surface area contributed by atoms with Gasteiger partial charge >= 0.3 is 17.9 Å². The largest absolute Gasteiger partial charge is 0.481 e. The molecule has 0 aliphatic carbocycles. The average Bonchev–Trinajstić information content (AvgIpc) is 2.97. The van der Waals surface area contributed by atoms with Crippen molar-refractivity contribution in [3.05, 3.63) is 69.0 Å². The molecule has 7 N–H and O–H groups in total. The first-order chi connectivity index (χ1) is 21.6. The molecule has 46 heavy (non-hydrogen) atoms. The molecule has 3 rings (SSSR count). The SMILES string of the molecule is C#CCN(Cc1cc2c(=O)[nH]c(C)nc2cc1C)c1ccc(C(=O)N[C@H](CC(C(=O)O)C(=O)[C@H](N)CCC(=O)O)C(=O)O)c(F)c1. The van der Waals surface area contributed by atoms with Gasteiger partial charge in [0.25, 0.3) is 11.5 Å². The molecule has 0 saturated heterocycles. The summed E-state index contributed by atoms with van der Waals surface area (Å²) in [7, 11) is 0. The van der Waals surface area contributed by atoms with Crippen LogP contribution in [0.15, 0.2) is 35.1 Å². The Hall–Kier alpha value is -5.62. The summed E-state index contributed by atoms with van der Waals surface area (Å²) < 4.78 is 15.3. The van der Waals surface area contributed by atoms with Crippen molar-refractivity contribution in [1.29, 1.82) is 0 Å². The monoisotopic (exact) mass is 637 g/mol. The molecular formula is C31H32FN5O9. The quantitative estimate of drug-likeness (QED) is 0.102. The Bertz CT molecular complexity index is 1800. The number of carboxylic acids is 3. The summed E-state index contributed by atoms with van der Waals surface area (Å²) >= 11 is 0. The maximum atomic E-state index is 15.3. The number of fused-ring (bicyclic) bond motifs is 1. The van der Waals surface area contributed by atoms with Crippen LogP contribution in [0.4, 0.5) is 10.1 Å². The summed E-state index contributed by atoms with van der Waals surface area (Å²) in [5.41, 5.74) is 7.01. The Morgan fingerprint density at radius 2 is 1.80 bits per heavy atom. The van der Waals surface area contributed by atoms with Gasteiger partial charge in [-0.15, -0.1) is 6.42 Å². The van der Waals surface area contributed by atoms with Gasteiger partial charge in [-0.25, -0.2) is 14.2 Å². The van der Waals surface area contributed by atoms with Crippen LogP contribution in [-0.4, -0.2) is 73.5 Å². The highest BCUT2D eigenvalue weighted by Crippen LogP contribution is 2.24. The molecule has 3 atom stereocenters. The van der Waals surface area contributed by atoms with E-state index in [0.717, 1.165) is 17.7 Å². The lowest BCUT2D eigenvalue weighted by atomic mass is 9.90. The number of Topliss-reactive ketones (excluding diaryl/α,β-unsaturated/α-hetero) is 1. The molecule has 0 radical (unpaired) electrons. The molecule has 0 saturated carbocycles. The Labute approximate surface area is 261 Å². The maximum absolute atomic E-state index is 15.3. The summed E-state index contributed by atoms with van der Waals surface area (Å²) in [5, 5.41) is 30.3. The number of carbonyl (C=O) groups is 5. The highest BCUT2D eigenvalue weighted by Gasteiger charge is 2.36. The van der Waals surface area contributed by atoms with E-state index in [1.54, 1.807) is 24.0 Å². The Balaban J connectivity index is 1.82. The van der Waals surface area contributed by atoms with Gasteiger partial charge in [0.15, 0.2) is 5.78 Å². The standard InChI is InChI=1S/C31H32FN5O9/c1-4-9-37(14-17-11-20-24(10-15(17)2)34-16(3)35-29(20)42)18-5-6-19(22(32)12-18)28(41)36-25(31(45)46)13-21(30(43)44)27(40)23(33)7-8-26(38)39/h1,5-6,10-12,21,23,25H,7-9,13-14,33H2,2-3H3,(H,36,41)(H,38,39)(H,43,44)(H,45,46)(H,34,35,42)/t21?,23-,25-/m1/s1. The molecule has 15 heteroatoms. The number of nitrogens with one attached hydrogen (secondary N) is 2. The van der Waals surface area contributed by atoms with Crippen molar-refractivity contribution < 1.29 is 43.7 Å². The number of hydrogen-bond donors (Lipinski definition) is 6. The first-order valence-electron chi connectivity index (χ1n) is 13.9. The predicted molar refractivity (Wildman–Crippen MR) is 163 cm³/mol. The van der Waals surface area contributed by atoms with Gasteiger partial charge in [0.2, 0.25) is 0 Å². The number of aliphatic carboxylic acids is 3. The molecule has 1 unspecified atom stereocenters. The number of rotatable bonds is 15. The molecule has 0 bridgehead atoms. The van der Waals surface area contributed by atoms with Gasteiger partial charge in [-0.2, -0.15) is 0 Å². The number of amides is 1. The fraction of sp³-hybridized carbons (Fsp3) is 0.323. The predicted octanol–water partition coefficient (Wildman–Crippen LogP) is 1.35. The second kappa shape index (κ2) is 14.9. The van der Waals surface area contributed by atoms with Gasteiger partial charge in [-0.1, -0.05) is 5.92 Å². The third kappa shape index (κ3) is 8.51. The van der Waals surface area contributed by atoms with Gasteiger partial charge in [0.1, 0.15) is 23.6 Å². The minimum absolute atomic E-state index is 0.0191. The van der Waals surface area contributed by atoms with E-state index in [-0.39, 0.29) is 30.8 Å². The molecule has 0 aliphatic rings. The highest BCUT2D eigenvalue weighted by molar-refractivity contribution is 6.02. The highest BCUT2D eigenvalue weighted by atomic mass is 19.1. The zero-order valence-electron chi connectivity index (χ0n) is 24.9. The van der Waals surface area contributed by atoms with Crippen LogP contribution in [0.1, 0.15) is 46.6 Å². The molecule has 242 valence electrons. The van der Waals surface area contributed by atoms with Crippen LogP contribution in [0, 0.1) is 37.9 Å². The van der Waals surface area contributed by atoms with E-state index >= 15 is 4.39 Å². The van der Waals surface area contributed by atoms with Crippen molar-refractivity contribution in [1.82, 2.24) is 15.3 Å². The van der Waals surface area contributed by atoms with E-state index in [9.17, 15) is 39.0 Å². The minimum Gasteiger partial charge on any atom is -0.481 e. The van der Waals surface area contributed by atoms with Crippen LogP contribution in [0.25, 0.3) is 10.9 Å². The van der Waals surface area contributed by atoms with E-state index in [0.29, 0.717) is 22.3 Å². The lowest BCUT2D eigenvalue weighted by Gasteiger charge is -2.24. The number of terminal acetylenes is 1. The van der Waals surface area contributed by atoms with Crippen LogP contribution in [0.5, 0.6) is 0 Å². The van der Waals surface area contributed by atoms with E-state index < -0.39 is 71.8 Å². The van der Waals surface area contributed by atoms with Gasteiger partial charge in [0, 0.05) is 18.7 Å². The van der Waals surface area contributed by atoms with E-state index in [1.165, 1.54) is 6.07 Å². The van der Waals surface area contributed by atoms with Crippen LogP contribution < -0.4 is 21.5 Å². The molecule has 1 heterocycles. The number of nitrogens with zero attached hydrogens (tertiary/aromatic N) is 2. The van der Waals surface area contributed by atoms with Crippen LogP contribution in [0.3, 0.4) is 0 Å². The van der Waals surface area contributed by atoms with E-state index in [1.807, 2.05) is 12.2 Å². The zero-order valence-corrected chi connectivity index (χ0v) is 24.9. The van der Waals surface area contributed by atoms with Crippen molar-refractivity contribution in [3.8, 4) is 12.3 Å². The molecule has 0 aliphatic heterocycles. The number of aromatic nitrogens is 2. The lowest BCUT2D eigenvalue weighted by Crippen LogP contribution is -2.47. The van der Waals surface area contributed by atoms with E-state index in [2.05, 4.69) is 15.9 Å². The molecule has 0 fully saturated rings. The fourth-order valence-corrected chi connectivity index (χ4v) is 4.77. The maximum Gasteiger partial charge on any atom is 0.326 e. The number of H-pyrrole nitrogens is 1. The summed E-state index contributed by atoms with van der Waals surface area (Å²) in [5.74, 6) is -7.09. The number of carboxylic acid groups (broad SMARTS) is 3. The van der Waals surface area contributed by atoms with Gasteiger partial charge in [-0.05, 0) is 68.1 Å². The Morgan fingerprint density at radius 3 is 2.39 bits per heavy atom. The number of anilines is 1. The lowest BCUT2D eigenvalue weighted by molar-refractivity contribution is -0.148. The number of aryl methyl sites for hydroxylation is 2. The van der Waals surface area contributed by atoms with Crippen molar-refractivity contribution in [2.75, 3.05) is 11.4 Å². The van der Waals surface area contributed by atoms with Gasteiger partial charge in [0.05, 0.1) is 29.1 Å². The Kier molecular flexibility index (Phi) is 11.3. The van der Waals surface area contributed by atoms with Crippen LogP contribution in [0.2, 0.25) is 0 Å². The summed E-state index contributed by atoms with van der Waals surface area (Å²) in [6, 6.07) is 3.47. The molecular weight excluding hydrogens is 605 g/mol. The van der Waals surface area contributed by atoms with Crippen molar-refractivity contribution in [2.45, 2.75) is 51.7 Å². The summed E-state index contributed by atoms with van der Waals surface area (Å²) in [4.78, 5) is 81.0. The number of ketones is 1. The van der Waals surface area contributed by atoms with Crippen molar-refractivity contribution in [3.63, 3.8) is 0 Å². The number of benzene rings is 2. The number of halogens is 1. The van der Waals surface area contributed by atoms with Crippen molar-refractivity contribution >= 4 is 46.2 Å². The second-order valence-electron chi connectivity index (χ2n) is 10.6. The van der Waals surface area contributed by atoms with Crippen LogP contribution in [-0.2, 0) is 25.7 Å². The topological polar surface area (TPSA) is 233 Å². The average molecular weight is 638 g/mol. The first-order valence-corrected chi connectivity index (χ1v) is 13.9. The minimum atomic E-state index is -1.98. The zero-order chi connectivity index (χ0) is 34.3. The number of aromatic amines is 1. The smallest absolute Gasteiger partial charge is 0.326 e. The molecule has 1 aromatic heterocycles. The van der Waals surface area contributed by atoms with Gasteiger partial charge in [-0.3, -0.25) is 24.0 Å².